The van der Waals surface area contributed by atoms with Gasteiger partial charge in [0, 0.05) is 0 Å². The Morgan fingerprint density at radius 2 is 1.92 bits per heavy atom. The first-order valence-electron chi connectivity index (χ1n) is 4.20. The van der Waals surface area contributed by atoms with Crippen molar-refractivity contribution in [3.8, 4) is 0 Å². The molecule has 0 bridgehead atoms. The van der Waals surface area contributed by atoms with Gasteiger partial charge in [0.2, 0.25) is 0 Å². The lowest BCUT2D eigenvalue weighted by atomic mass is 10.2. The summed E-state index contributed by atoms with van der Waals surface area (Å²) in [5.41, 5.74) is 0. The standard InChI is InChI=1S/C7H15FIO2P/c1-2-3-4-5-6-7-11-12(8,9)10/h2-7H2,1H3. The van der Waals surface area contributed by atoms with E-state index in [9.17, 15) is 8.76 Å². The fraction of sp³-hybridized carbons (Fsp3) is 1.00. The Labute approximate surface area is 86.3 Å². The second-order valence-corrected chi connectivity index (χ2v) is 7.21. The molecular weight excluding hydrogens is 293 g/mol. The molecule has 0 radical (unpaired) electrons. The Morgan fingerprint density at radius 1 is 1.33 bits per heavy atom. The van der Waals surface area contributed by atoms with Gasteiger partial charge in [-0.25, -0.2) is 4.57 Å². The summed E-state index contributed by atoms with van der Waals surface area (Å²) >= 11 is 1.21. The molecule has 0 aliphatic heterocycles. The summed E-state index contributed by atoms with van der Waals surface area (Å²) in [5, 5.41) is -3.75. The number of hydrogen-bond acceptors (Lipinski definition) is 2. The van der Waals surface area contributed by atoms with Gasteiger partial charge in [-0.2, -0.15) is 0 Å². The average Bonchev–Trinajstić information content (AvgIpc) is 1.94. The highest BCUT2D eigenvalue weighted by atomic mass is 127. The van der Waals surface area contributed by atoms with Gasteiger partial charge >= 0.3 is 5.32 Å². The summed E-state index contributed by atoms with van der Waals surface area (Å²) in [6.45, 7) is 2.41. The van der Waals surface area contributed by atoms with Gasteiger partial charge in [-0.3, -0.25) is 4.52 Å². The zero-order valence-electron chi connectivity index (χ0n) is 7.26. The van der Waals surface area contributed by atoms with Crippen LogP contribution in [0, 0.1) is 0 Å². The van der Waals surface area contributed by atoms with Crippen LogP contribution < -0.4 is 0 Å². The zero-order chi connectivity index (χ0) is 9.45. The largest absolute Gasteiger partial charge is 0.424 e. The molecule has 12 heavy (non-hydrogen) atoms. The van der Waals surface area contributed by atoms with E-state index in [0.717, 1.165) is 19.3 Å². The fourth-order valence-corrected chi connectivity index (χ4v) is 1.81. The van der Waals surface area contributed by atoms with Crippen molar-refractivity contribution in [2.75, 3.05) is 6.61 Å². The van der Waals surface area contributed by atoms with Gasteiger partial charge in [0.1, 0.15) is 0 Å². The highest BCUT2D eigenvalue weighted by Crippen LogP contribution is 2.57. The minimum absolute atomic E-state index is 0.278. The van der Waals surface area contributed by atoms with Crippen molar-refractivity contribution in [3.63, 3.8) is 0 Å². The van der Waals surface area contributed by atoms with Gasteiger partial charge in [0.15, 0.2) is 0 Å². The fourth-order valence-electron chi connectivity index (χ4n) is 0.876. The van der Waals surface area contributed by atoms with Gasteiger partial charge in [0.05, 0.1) is 28.6 Å². The Balaban J connectivity index is 3.06. The first-order valence-corrected chi connectivity index (χ1v) is 8.50. The lowest BCUT2D eigenvalue weighted by Gasteiger charge is -2.02. The molecule has 0 rings (SSSR count). The van der Waals surface area contributed by atoms with E-state index in [1.54, 1.807) is 0 Å². The maximum absolute atomic E-state index is 12.3. The molecule has 0 fully saturated rings. The van der Waals surface area contributed by atoms with E-state index in [0.29, 0.717) is 0 Å². The molecule has 1 atom stereocenters. The normalized spacial score (nSPS) is 15.9. The number of unbranched alkanes of at least 4 members (excludes halogenated alkanes) is 4. The quantitative estimate of drug-likeness (QED) is 0.393. The molecule has 0 amide bonds. The van der Waals surface area contributed by atoms with Crippen LogP contribution in [0.3, 0.4) is 0 Å². The number of rotatable bonds is 7. The first kappa shape index (κ1) is 12.8. The molecule has 1 unspecified atom stereocenters. The van der Waals surface area contributed by atoms with E-state index >= 15 is 0 Å². The van der Waals surface area contributed by atoms with Crippen molar-refractivity contribution in [2.24, 2.45) is 0 Å². The predicted octanol–water partition coefficient (Wildman–Crippen LogP) is 4.49. The van der Waals surface area contributed by atoms with E-state index in [2.05, 4.69) is 11.4 Å². The molecule has 0 aliphatic rings. The third-order valence-electron chi connectivity index (χ3n) is 1.49. The molecule has 0 aromatic carbocycles. The topological polar surface area (TPSA) is 26.3 Å². The Kier molecular flexibility index (Phi) is 7.79. The van der Waals surface area contributed by atoms with Crippen LogP contribution in [0.5, 0.6) is 0 Å². The van der Waals surface area contributed by atoms with Crippen molar-refractivity contribution >= 4 is 27.4 Å². The first-order chi connectivity index (χ1) is 5.56. The van der Waals surface area contributed by atoms with Crippen molar-refractivity contribution in [2.45, 2.75) is 39.0 Å². The van der Waals surface area contributed by atoms with Gasteiger partial charge in [-0.15, -0.1) is 4.20 Å². The van der Waals surface area contributed by atoms with Gasteiger partial charge < -0.3 is 0 Å². The van der Waals surface area contributed by atoms with E-state index < -0.39 is 5.32 Å². The molecule has 0 saturated carbocycles. The Hall–Kier alpha value is 0.850. The second-order valence-electron chi connectivity index (χ2n) is 2.66. The van der Waals surface area contributed by atoms with E-state index in [1.165, 1.54) is 34.9 Å². The van der Waals surface area contributed by atoms with E-state index in [1.807, 2.05) is 0 Å². The van der Waals surface area contributed by atoms with Crippen molar-refractivity contribution < 1.29 is 13.3 Å². The smallest absolute Gasteiger partial charge is 0.298 e. The van der Waals surface area contributed by atoms with Crippen LogP contribution in [0.2, 0.25) is 0 Å². The van der Waals surface area contributed by atoms with Crippen molar-refractivity contribution in [3.05, 3.63) is 0 Å². The minimum Gasteiger partial charge on any atom is -0.298 e. The van der Waals surface area contributed by atoms with Gasteiger partial charge in [-0.1, -0.05) is 32.6 Å². The molecule has 5 heteroatoms. The van der Waals surface area contributed by atoms with Crippen LogP contribution in [0.4, 0.5) is 4.20 Å². The second kappa shape index (κ2) is 7.27. The summed E-state index contributed by atoms with van der Waals surface area (Å²) in [4.78, 5) is 0. The average molecular weight is 308 g/mol. The third-order valence-corrected chi connectivity index (χ3v) is 2.81. The molecule has 0 spiro atoms. The number of halogens is 2. The maximum Gasteiger partial charge on any atom is 0.424 e. The molecule has 0 aliphatic carbocycles. The molecule has 0 heterocycles. The summed E-state index contributed by atoms with van der Waals surface area (Å²) in [7, 11) is 0. The monoisotopic (exact) mass is 308 g/mol. The summed E-state index contributed by atoms with van der Waals surface area (Å²) < 4.78 is 27.2. The summed E-state index contributed by atoms with van der Waals surface area (Å²) in [6.07, 6.45) is 5.38. The van der Waals surface area contributed by atoms with Crippen LogP contribution in [-0.4, -0.2) is 6.61 Å². The highest BCUT2D eigenvalue weighted by Gasteiger charge is 2.14. The van der Waals surface area contributed by atoms with Gasteiger partial charge in [-0.05, 0) is 6.42 Å². The molecule has 0 saturated heterocycles. The molecule has 0 N–H and O–H groups in total. The van der Waals surface area contributed by atoms with Crippen LogP contribution in [0.25, 0.3) is 0 Å². The Bertz CT molecular complexity index is 148. The Morgan fingerprint density at radius 3 is 2.42 bits per heavy atom. The van der Waals surface area contributed by atoms with Gasteiger partial charge in [0.25, 0.3) is 0 Å². The van der Waals surface area contributed by atoms with Crippen LogP contribution >= 0.6 is 27.4 Å². The predicted molar refractivity (Wildman–Crippen MR) is 57.4 cm³/mol. The van der Waals surface area contributed by atoms with E-state index in [-0.39, 0.29) is 6.61 Å². The SMILES string of the molecule is CCCCCCCOP(=O)(F)I. The third kappa shape index (κ3) is 10.8. The maximum atomic E-state index is 12.3. The summed E-state index contributed by atoms with van der Waals surface area (Å²) in [6, 6.07) is 0. The molecule has 2 nitrogen and oxygen atoms in total. The summed E-state index contributed by atoms with van der Waals surface area (Å²) in [5.74, 6) is 0. The molecule has 0 aromatic rings. The molecular formula is C7H15FIO2P. The lowest BCUT2D eigenvalue weighted by molar-refractivity contribution is 0.293. The van der Waals surface area contributed by atoms with Crippen LogP contribution in [-0.2, 0) is 9.09 Å². The lowest BCUT2D eigenvalue weighted by Crippen LogP contribution is -1.87. The van der Waals surface area contributed by atoms with Crippen molar-refractivity contribution in [1.29, 1.82) is 0 Å². The highest BCUT2D eigenvalue weighted by molar-refractivity contribution is 14.2. The van der Waals surface area contributed by atoms with Crippen LogP contribution in [0.15, 0.2) is 0 Å². The van der Waals surface area contributed by atoms with E-state index in [4.69, 9.17) is 0 Å². The van der Waals surface area contributed by atoms with Crippen molar-refractivity contribution in [1.82, 2.24) is 0 Å². The van der Waals surface area contributed by atoms with Crippen LogP contribution in [0.1, 0.15) is 39.0 Å². The zero-order valence-corrected chi connectivity index (χ0v) is 10.3. The minimum atomic E-state index is -3.75. The molecule has 74 valence electrons. The molecule has 0 aromatic heterocycles. The number of hydrogen-bond donors (Lipinski definition) is 0.